The number of likely N-dealkylation sites (N-methyl/N-ethyl adjacent to an activating group) is 1. The van der Waals surface area contributed by atoms with Gasteiger partial charge in [-0.3, -0.25) is 14.2 Å². The number of benzene rings is 2. The second-order valence-electron chi connectivity index (χ2n) is 9.62. The van der Waals surface area contributed by atoms with Crippen LogP contribution in [0.2, 0.25) is 0 Å². The average Bonchev–Trinajstić information content (AvgIpc) is 3.27. The van der Waals surface area contributed by atoms with Crippen molar-refractivity contribution in [2.75, 3.05) is 14.1 Å². The lowest BCUT2D eigenvalue weighted by Gasteiger charge is -2.28. The Labute approximate surface area is 223 Å². The molecule has 206 valence electrons. The van der Waals surface area contributed by atoms with Gasteiger partial charge in [0.2, 0.25) is 5.91 Å². The molecular weight excluding hydrogens is 510 g/mol. The predicted molar refractivity (Wildman–Crippen MR) is 144 cm³/mol. The molecule has 3 rings (SSSR count). The van der Waals surface area contributed by atoms with E-state index >= 15 is 0 Å². The van der Waals surface area contributed by atoms with Gasteiger partial charge >= 0.3 is 16.4 Å². The number of carbonyl (C=O) groups is 2. The summed E-state index contributed by atoms with van der Waals surface area (Å²) in [7, 11) is -0.949. The fraction of sp³-hybridized carbons (Fsp3) is 0.407. The van der Waals surface area contributed by atoms with Crippen LogP contribution in [0.4, 0.5) is 0 Å². The predicted octanol–water partition coefficient (Wildman–Crippen LogP) is 3.49. The summed E-state index contributed by atoms with van der Waals surface area (Å²) in [5.41, 5.74) is 2.37. The van der Waals surface area contributed by atoms with E-state index in [4.69, 9.17) is 9.29 Å². The number of aromatic amines is 1. The van der Waals surface area contributed by atoms with Crippen LogP contribution in [0.1, 0.15) is 37.8 Å². The van der Waals surface area contributed by atoms with Crippen LogP contribution in [0.25, 0.3) is 10.9 Å². The van der Waals surface area contributed by atoms with Crippen molar-refractivity contribution >= 4 is 33.2 Å². The maximum atomic E-state index is 13.3. The second-order valence-corrected chi connectivity index (χ2v) is 10.6. The number of aromatic nitrogens is 1. The zero-order valence-corrected chi connectivity index (χ0v) is 22.8. The van der Waals surface area contributed by atoms with Gasteiger partial charge in [0.1, 0.15) is 18.4 Å². The van der Waals surface area contributed by atoms with Crippen LogP contribution >= 0.6 is 0 Å². The first-order chi connectivity index (χ1) is 18.0. The highest BCUT2D eigenvalue weighted by Gasteiger charge is 2.29. The third-order valence-electron chi connectivity index (χ3n) is 6.45. The number of nitrogens with zero attached hydrogens (tertiary/aromatic N) is 1. The Kier molecular flexibility index (Phi) is 9.90. The summed E-state index contributed by atoms with van der Waals surface area (Å²) in [6, 6.07) is 12.1. The minimum Gasteiger partial charge on any atom is -0.459 e. The van der Waals surface area contributed by atoms with Crippen LogP contribution in [0.15, 0.2) is 54.7 Å². The van der Waals surface area contributed by atoms with Crippen LogP contribution in [-0.2, 0) is 37.8 Å². The third kappa shape index (κ3) is 8.30. The number of para-hydroxylation sites is 1. The van der Waals surface area contributed by atoms with Crippen LogP contribution in [-0.4, -0.2) is 60.9 Å². The van der Waals surface area contributed by atoms with Crippen LogP contribution < -0.4 is 9.50 Å². The van der Waals surface area contributed by atoms with E-state index in [0.29, 0.717) is 17.9 Å². The molecule has 0 spiro atoms. The van der Waals surface area contributed by atoms with Gasteiger partial charge < -0.3 is 19.2 Å². The van der Waals surface area contributed by atoms with Crippen molar-refractivity contribution in [1.29, 1.82) is 0 Å². The van der Waals surface area contributed by atoms with Gasteiger partial charge in [-0.15, -0.1) is 0 Å². The first kappa shape index (κ1) is 29.2. The molecule has 11 heteroatoms. The summed E-state index contributed by atoms with van der Waals surface area (Å²) in [6.45, 7) is 4.07. The summed E-state index contributed by atoms with van der Waals surface area (Å²) in [4.78, 5) is 31.6. The van der Waals surface area contributed by atoms with E-state index in [1.807, 2.05) is 49.5 Å². The van der Waals surface area contributed by atoms with E-state index in [0.717, 1.165) is 22.9 Å². The lowest BCUT2D eigenvalue weighted by molar-refractivity contribution is -0.149. The van der Waals surface area contributed by atoms with Crippen molar-refractivity contribution in [2.24, 2.45) is 5.92 Å². The van der Waals surface area contributed by atoms with Gasteiger partial charge in [0, 0.05) is 23.5 Å². The Hall–Kier alpha value is -3.41. The fourth-order valence-corrected chi connectivity index (χ4v) is 4.45. The molecule has 0 radical (unpaired) electrons. The molecule has 0 saturated heterocycles. The van der Waals surface area contributed by atoms with Gasteiger partial charge in [-0.05, 0) is 55.8 Å². The van der Waals surface area contributed by atoms with Crippen molar-refractivity contribution in [3.63, 3.8) is 0 Å². The standard InChI is InChI=1S/C27H35N3O7S/c1-5-18(2)14-25(30(3)4)26(31)29-24(15-20-16-28-23-9-7-6-8-22(20)23)27(32)36-17-19-10-12-21(13-11-19)37-38(33,34)35/h6-13,16,18,24-25,28H,5,14-15,17H2,1-4H3,(H,29,31)(H,33,34,35). The molecule has 10 nitrogen and oxygen atoms in total. The molecule has 3 N–H and O–H groups in total. The topological polar surface area (TPSA) is 138 Å². The fourth-order valence-electron chi connectivity index (χ4n) is 4.10. The van der Waals surface area contributed by atoms with Gasteiger partial charge in [0.05, 0.1) is 6.04 Å². The summed E-state index contributed by atoms with van der Waals surface area (Å²) in [5.74, 6) is -0.588. The SMILES string of the molecule is CCC(C)CC(C(=O)NC(Cc1c[nH]c2ccccc12)C(=O)OCc1ccc(OS(=O)(=O)O)cc1)N(C)C. The number of carbonyl (C=O) groups excluding carboxylic acids is 2. The lowest BCUT2D eigenvalue weighted by Crippen LogP contribution is -2.51. The van der Waals surface area contributed by atoms with Crippen LogP contribution in [0, 0.1) is 5.92 Å². The van der Waals surface area contributed by atoms with Crippen LogP contribution in [0.3, 0.4) is 0 Å². The van der Waals surface area contributed by atoms with Gasteiger partial charge in [0.25, 0.3) is 0 Å². The Morgan fingerprint density at radius 2 is 1.79 bits per heavy atom. The van der Waals surface area contributed by atoms with E-state index in [1.165, 1.54) is 24.3 Å². The van der Waals surface area contributed by atoms with Gasteiger partial charge in [-0.1, -0.05) is 50.6 Å². The molecule has 1 amide bonds. The number of rotatable bonds is 13. The van der Waals surface area contributed by atoms with Crippen molar-refractivity contribution in [3.8, 4) is 5.75 Å². The number of esters is 1. The monoisotopic (exact) mass is 545 g/mol. The molecule has 2 aromatic carbocycles. The van der Waals surface area contributed by atoms with E-state index in [1.54, 1.807) is 0 Å². The average molecular weight is 546 g/mol. The number of amides is 1. The molecule has 1 heterocycles. The molecule has 0 aliphatic heterocycles. The van der Waals surface area contributed by atoms with E-state index in [-0.39, 0.29) is 24.7 Å². The largest absolute Gasteiger partial charge is 0.459 e. The number of nitrogens with one attached hydrogen (secondary N) is 2. The third-order valence-corrected chi connectivity index (χ3v) is 6.86. The van der Waals surface area contributed by atoms with Gasteiger partial charge in [-0.2, -0.15) is 8.42 Å². The molecular formula is C27H35N3O7S. The molecule has 0 bridgehead atoms. The Balaban J connectivity index is 1.77. The maximum Gasteiger partial charge on any atom is 0.446 e. The molecule has 0 saturated carbocycles. The summed E-state index contributed by atoms with van der Waals surface area (Å²) in [6.07, 6.45) is 3.65. The van der Waals surface area contributed by atoms with Crippen molar-refractivity contribution in [3.05, 3.63) is 65.9 Å². The van der Waals surface area contributed by atoms with Gasteiger partial charge in [0.15, 0.2) is 0 Å². The number of fused-ring (bicyclic) bond motifs is 1. The zero-order chi connectivity index (χ0) is 27.9. The Bertz CT molecular complexity index is 1340. The minimum absolute atomic E-state index is 0.0805. The lowest BCUT2D eigenvalue weighted by atomic mass is 9.97. The molecule has 3 atom stereocenters. The highest BCUT2D eigenvalue weighted by atomic mass is 32.3. The number of hydrogen-bond acceptors (Lipinski definition) is 7. The van der Waals surface area contributed by atoms with Crippen molar-refractivity contribution < 1.29 is 31.5 Å². The smallest absolute Gasteiger partial charge is 0.446 e. The van der Waals surface area contributed by atoms with E-state index < -0.39 is 28.5 Å². The zero-order valence-electron chi connectivity index (χ0n) is 22.0. The highest BCUT2D eigenvalue weighted by molar-refractivity contribution is 7.81. The molecule has 1 aromatic heterocycles. The minimum atomic E-state index is -4.63. The first-order valence-electron chi connectivity index (χ1n) is 12.4. The Morgan fingerprint density at radius 1 is 1.11 bits per heavy atom. The molecule has 38 heavy (non-hydrogen) atoms. The number of ether oxygens (including phenoxy) is 1. The number of H-pyrrole nitrogens is 1. The maximum absolute atomic E-state index is 13.3. The van der Waals surface area contributed by atoms with Crippen molar-refractivity contribution in [2.45, 2.75) is 51.8 Å². The molecule has 0 aliphatic rings. The summed E-state index contributed by atoms with van der Waals surface area (Å²) < 4.78 is 40.5. The molecule has 0 fully saturated rings. The van der Waals surface area contributed by atoms with E-state index in [2.05, 4.69) is 28.3 Å². The molecule has 3 aromatic rings. The molecule has 3 unspecified atom stereocenters. The quantitative estimate of drug-likeness (QED) is 0.219. The van der Waals surface area contributed by atoms with Crippen LogP contribution in [0.5, 0.6) is 5.75 Å². The number of hydrogen-bond donors (Lipinski definition) is 3. The Morgan fingerprint density at radius 3 is 2.42 bits per heavy atom. The summed E-state index contributed by atoms with van der Waals surface area (Å²) >= 11 is 0. The van der Waals surface area contributed by atoms with E-state index in [9.17, 15) is 18.0 Å². The first-order valence-corrected chi connectivity index (χ1v) is 13.8. The second kappa shape index (κ2) is 12.9. The van der Waals surface area contributed by atoms with Gasteiger partial charge in [-0.25, -0.2) is 4.79 Å². The highest BCUT2D eigenvalue weighted by Crippen LogP contribution is 2.21. The summed E-state index contributed by atoms with van der Waals surface area (Å²) in [5, 5.41) is 3.87. The normalized spacial score (nSPS) is 14.2. The molecule has 0 aliphatic carbocycles. The van der Waals surface area contributed by atoms with Crippen molar-refractivity contribution in [1.82, 2.24) is 15.2 Å².